The molecule has 0 amide bonds. The first-order valence-corrected chi connectivity index (χ1v) is 7.46. The molecule has 1 atom stereocenters. The first-order chi connectivity index (χ1) is 9.56. The van der Waals surface area contributed by atoms with Crippen LogP contribution in [0.25, 0.3) is 11.3 Å². The lowest BCUT2D eigenvalue weighted by Crippen LogP contribution is -2.31. The van der Waals surface area contributed by atoms with Gasteiger partial charge in [0.2, 0.25) is 0 Å². The predicted octanol–water partition coefficient (Wildman–Crippen LogP) is 3.26. The Morgan fingerprint density at radius 1 is 1.35 bits per heavy atom. The van der Waals surface area contributed by atoms with Crippen molar-refractivity contribution in [1.29, 1.82) is 0 Å². The van der Waals surface area contributed by atoms with Crippen LogP contribution >= 0.6 is 0 Å². The number of nitrogens with zero attached hydrogens (tertiary/aromatic N) is 2. The Balaban J connectivity index is 2.08. The number of hydrogen-bond acceptors (Lipinski definition) is 2. The van der Waals surface area contributed by atoms with Gasteiger partial charge in [-0.05, 0) is 42.9 Å². The molecule has 0 radical (unpaired) electrons. The molecule has 0 saturated carbocycles. The van der Waals surface area contributed by atoms with Crippen molar-refractivity contribution in [2.45, 2.75) is 52.1 Å². The highest BCUT2D eigenvalue weighted by Crippen LogP contribution is 2.31. The third-order valence-electron chi connectivity index (χ3n) is 4.31. The van der Waals surface area contributed by atoms with Crippen molar-refractivity contribution in [3.05, 3.63) is 41.3 Å². The van der Waals surface area contributed by atoms with Crippen molar-refractivity contribution in [2.75, 3.05) is 0 Å². The molecule has 2 aromatic rings. The van der Waals surface area contributed by atoms with Crippen LogP contribution in [-0.4, -0.2) is 15.6 Å². The molecule has 1 unspecified atom stereocenters. The zero-order valence-corrected chi connectivity index (χ0v) is 12.6. The lowest BCUT2D eigenvalue weighted by atomic mass is 9.94. The molecule has 0 spiro atoms. The second-order valence-corrected chi connectivity index (χ2v) is 6.22. The molecule has 1 aliphatic rings. The zero-order valence-electron chi connectivity index (χ0n) is 12.6. The van der Waals surface area contributed by atoms with Gasteiger partial charge in [0.1, 0.15) is 0 Å². The van der Waals surface area contributed by atoms with E-state index >= 15 is 0 Å². The van der Waals surface area contributed by atoms with Gasteiger partial charge >= 0.3 is 0 Å². The highest BCUT2D eigenvalue weighted by atomic mass is 15.1. The number of benzene rings is 1. The van der Waals surface area contributed by atoms with Crippen LogP contribution in [0, 0.1) is 6.92 Å². The van der Waals surface area contributed by atoms with Gasteiger partial charge < -0.3 is 10.3 Å². The van der Waals surface area contributed by atoms with E-state index < -0.39 is 0 Å². The Labute approximate surface area is 120 Å². The molecule has 0 bridgehead atoms. The monoisotopic (exact) mass is 269 g/mol. The van der Waals surface area contributed by atoms with E-state index in [1.54, 1.807) is 0 Å². The van der Waals surface area contributed by atoms with Crippen LogP contribution in [-0.2, 0) is 13.0 Å². The van der Waals surface area contributed by atoms with Gasteiger partial charge in [-0.15, -0.1) is 0 Å². The van der Waals surface area contributed by atoms with Gasteiger partial charge in [-0.25, -0.2) is 4.98 Å². The first kappa shape index (κ1) is 13.4. The fourth-order valence-electron chi connectivity index (χ4n) is 2.97. The van der Waals surface area contributed by atoms with Crippen molar-refractivity contribution in [2.24, 2.45) is 5.73 Å². The van der Waals surface area contributed by atoms with Gasteiger partial charge in [-0.2, -0.15) is 0 Å². The molecule has 3 rings (SSSR count). The van der Waals surface area contributed by atoms with E-state index in [4.69, 9.17) is 5.73 Å². The average Bonchev–Trinajstić information content (AvgIpc) is 2.81. The molecule has 3 heteroatoms. The lowest BCUT2D eigenvalue weighted by Gasteiger charge is -2.21. The summed E-state index contributed by atoms with van der Waals surface area (Å²) < 4.78 is 2.23. The minimum absolute atomic E-state index is 0.271. The quantitative estimate of drug-likeness (QED) is 0.909. The van der Waals surface area contributed by atoms with Crippen LogP contribution in [0.5, 0.6) is 0 Å². The first-order valence-electron chi connectivity index (χ1n) is 7.46. The van der Waals surface area contributed by atoms with E-state index in [1.165, 1.54) is 22.4 Å². The van der Waals surface area contributed by atoms with E-state index in [2.05, 4.69) is 48.5 Å². The maximum Gasteiger partial charge on any atom is 0.0956 e. The molecule has 1 aromatic heterocycles. The van der Waals surface area contributed by atoms with Crippen molar-refractivity contribution in [3.8, 4) is 11.3 Å². The van der Waals surface area contributed by atoms with Gasteiger partial charge in [0.15, 0.2) is 0 Å². The maximum absolute atomic E-state index is 6.04. The molecule has 1 aliphatic heterocycles. The second kappa shape index (κ2) is 5.06. The topological polar surface area (TPSA) is 43.8 Å². The Kier molecular flexibility index (Phi) is 3.38. The summed E-state index contributed by atoms with van der Waals surface area (Å²) in [4.78, 5) is 4.67. The molecule has 2 heterocycles. The lowest BCUT2D eigenvalue weighted by molar-refractivity contribution is 0.461. The average molecular weight is 269 g/mol. The summed E-state index contributed by atoms with van der Waals surface area (Å²) in [7, 11) is 0. The smallest absolute Gasteiger partial charge is 0.0956 e. The summed E-state index contributed by atoms with van der Waals surface area (Å²) in [5.74, 6) is 0.543. The number of rotatable bonds is 2. The molecule has 106 valence electrons. The Morgan fingerprint density at radius 2 is 2.15 bits per heavy atom. The summed E-state index contributed by atoms with van der Waals surface area (Å²) in [5.41, 5.74) is 12.5. The SMILES string of the molecule is Cc1ccc(C(C)C)cc1-c1ncn2c1CCC(N)C2. The third-order valence-corrected chi connectivity index (χ3v) is 4.31. The van der Waals surface area contributed by atoms with Crippen LogP contribution in [0.3, 0.4) is 0 Å². The molecule has 1 aromatic carbocycles. The molecule has 2 N–H and O–H groups in total. The largest absolute Gasteiger partial charge is 0.332 e. The second-order valence-electron chi connectivity index (χ2n) is 6.22. The summed E-state index contributed by atoms with van der Waals surface area (Å²) in [6.07, 6.45) is 4.04. The summed E-state index contributed by atoms with van der Waals surface area (Å²) >= 11 is 0. The van der Waals surface area contributed by atoms with E-state index in [9.17, 15) is 0 Å². The normalized spacial score (nSPS) is 18.4. The number of aromatic nitrogens is 2. The van der Waals surface area contributed by atoms with Crippen LogP contribution < -0.4 is 5.73 Å². The maximum atomic E-state index is 6.04. The molecule has 0 fully saturated rings. The number of fused-ring (bicyclic) bond motifs is 1. The molecule has 20 heavy (non-hydrogen) atoms. The van der Waals surface area contributed by atoms with Crippen molar-refractivity contribution in [3.63, 3.8) is 0 Å². The summed E-state index contributed by atoms with van der Waals surface area (Å²) in [6.45, 7) is 7.53. The van der Waals surface area contributed by atoms with Gasteiger partial charge in [0, 0.05) is 23.8 Å². The van der Waals surface area contributed by atoms with Crippen LogP contribution in [0.15, 0.2) is 24.5 Å². The number of nitrogens with two attached hydrogens (primary N) is 1. The predicted molar refractivity (Wildman–Crippen MR) is 82.8 cm³/mol. The van der Waals surface area contributed by atoms with Gasteiger partial charge in [0.25, 0.3) is 0 Å². The standard InChI is InChI=1S/C17H23N3/c1-11(2)13-5-4-12(3)15(8-13)17-16-7-6-14(18)9-20(16)10-19-17/h4-5,8,10-11,14H,6-7,9,18H2,1-3H3. The van der Waals surface area contributed by atoms with E-state index in [-0.39, 0.29) is 6.04 Å². The molecular weight excluding hydrogens is 246 g/mol. The van der Waals surface area contributed by atoms with Crippen LogP contribution in [0.1, 0.15) is 43.0 Å². The minimum atomic E-state index is 0.271. The number of hydrogen-bond donors (Lipinski definition) is 1. The zero-order chi connectivity index (χ0) is 14.3. The minimum Gasteiger partial charge on any atom is -0.332 e. The van der Waals surface area contributed by atoms with E-state index in [1.807, 2.05) is 6.33 Å². The summed E-state index contributed by atoms with van der Waals surface area (Å²) in [6, 6.07) is 7.01. The highest BCUT2D eigenvalue weighted by molar-refractivity contribution is 5.67. The van der Waals surface area contributed by atoms with Gasteiger partial charge in [-0.3, -0.25) is 0 Å². The highest BCUT2D eigenvalue weighted by Gasteiger charge is 2.21. The fourth-order valence-corrected chi connectivity index (χ4v) is 2.97. The van der Waals surface area contributed by atoms with E-state index in [0.717, 1.165) is 25.1 Å². The molecular formula is C17H23N3. The van der Waals surface area contributed by atoms with Crippen LogP contribution in [0.4, 0.5) is 0 Å². The van der Waals surface area contributed by atoms with Crippen molar-refractivity contribution < 1.29 is 0 Å². The van der Waals surface area contributed by atoms with E-state index in [0.29, 0.717) is 5.92 Å². The number of aryl methyl sites for hydroxylation is 1. The Hall–Kier alpha value is -1.61. The Morgan fingerprint density at radius 3 is 2.90 bits per heavy atom. The number of imidazole rings is 1. The van der Waals surface area contributed by atoms with Crippen molar-refractivity contribution >= 4 is 0 Å². The molecule has 0 aliphatic carbocycles. The summed E-state index contributed by atoms with van der Waals surface area (Å²) in [5, 5.41) is 0. The Bertz CT molecular complexity index is 625. The fraction of sp³-hybridized carbons (Fsp3) is 0.471. The van der Waals surface area contributed by atoms with Crippen molar-refractivity contribution in [1.82, 2.24) is 9.55 Å². The van der Waals surface area contributed by atoms with Gasteiger partial charge in [-0.1, -0.05) is 26.0 Å². The third kappa shape index (κ3) is 2.27. The molecule has 3 nitrogen and oxygen atoms in total. The molecule has 0 saturated heterocycles. The van der Waals surface area contributed by atoms with Crippen LogP contribution in [0.2, 0.25) is 0 Å². The van der Waals surface area contributed by atoms with Gasteiger partial charge in [0.05, 0.1) is 12.0 Å².